The van der Waals surface area contributed by atoms with Crippen molar-refractivity contribution in [2.75, 3.05) is 27.2 Å². The van der Waals surface area contributed by atoms with Crippen molar-refractivity contribution in [3.8, 4) is 0 Å². The molecule has 0 aromatic heterocycles. The standard InChI is InChI=1S/C11H22N2O2/c1-11(12-2,10(14)15)8-13(3)7-9-5-4-6-9/h9,12H,4-8H2,1-3H3,(H,14,15). The molecule has 1 saturated carbocycles. The summed E-state index contributed by atoms with van der Waals surface area (Å²) in [6, 6.07) is 0. The van der Waals surface area contributed by atoms with Gasteiger partial charge in [0.2, 0.25) is 0 Å². The smallest absolute Gasteiger partial charge is 0.324 e. The van der Waals surface area contributed by atoms with E-state index in [2.05, 4.69) is 10.2 Å². The van der Waals surface area contributed by atoms with Gasteiger partial charge in [0.1, 0.15) is 5.54 Å². The van der Waals surface area contributed by atoms with Crippen LogP contribution in [0.1, 0.15) is 26.2 Å². The van der Waals surface area contributed by atoms with Gasteiger partial charge in [0.25, 0.3) is 0 Å². The second-order valence-electron chi connectivity index (χ2n) is 4.88. The molecule has 0 aliphatic heterocycles. The molecule has 0 radical (unpaired) electrons. The highest BCUT2D eigenvalue weighted by Gasteiger charge is 2.33. The van der Waals surface area contributed by atoms with Crippen molar-refractivity contribution in [3.63, 3.8) is 0 Å². The van der Waals surface area contributed by atoms with Crippen molar-refractivity contribution in [3.05, 3.63) is 0 Å². The number of carbonyl (C=O) groups is 1. The first-order valence-electron chi connectivity index (χ1n) is 5.59. The van der Waals surface area contributed by atoms with Gasteiger partial charge in [-0.1, -0.05) is 6.42 Å². The fourth-order valence-electron chi connectivity index (χ4n) is 1.97. The molecular formula is C11H22N2O2. The highest BCUT2D eigenvalue weighted by atomic mass is 16.4. The van der Waals surface area contributed by atoms with E-state index in [9.17, 15) is 4.79 Å². The summed E-state index contributed by atoms with van der Waals surface area (Å²) >= 11 is 0. The highest BCUT2D eigenvalue weighted by molar-refractivity contribution is 5.78. The number of likely N-dealkylation sites (N-methyl/N-ethyl adjacent to an activating group) is 2. The third-order valence-corrected chi connectivity index (χ3v) is 3.40. The minimum atomic E-state index is -0.835. The Balaban J connectivity index is 2.39. The number of hydrogen-bond donors (Lipinski definition) is 2. The molecule has 0 aromatic rings. The van der Waals surface area contributed by atoms with E-state index in [1.165, 1.54) is 19.3 Å². The second-order valence-corrected chi connectivity index (χ2v) is 4.88. The van der Waals surface area contributed by atoms with Crippen molar-refractivity contribution in [2.24, 2.45) is 5.92 Å². The Morgan fingerprint density at radius 2 is 2.20 bits per heavy atom. The lowest BCUT2D eigenvalue weighted by Gasteiger charge is -2.34. The van der Waals surface area contributed by atoms with Crippen molar-refractivity contribution in [1.29, 1.82) is 0 Å². The van der Waals surface area contributed by atoms with Gasteiger partial charge in [0.05, 0.1) is 0 Å². The van der Waals surface area contributed by atoms with Crippen LogP contribution in [0, 0.1) is 5.92 Å². The van der Waals surface area contributed by atoms with Gasteiger partial charge >= 0.3 is 5.97 Å². The predicted octanol–water partition coefficient (Wildman–Crippen LogP) is 0.781. The Bertz CT molecular complexity index is 229. The van der Waals surface area contributed by atoms with Crippen LogP contribution in [0.2, 0.25) is 0 Å². The first-order valence-corrected chi connectivity index (χ1v) is 5.59. The molecule has 4 heteroatoms. The lowest BCUT2D eigenvalue weighted by molar-refractivity contribution is -0.144. The van der Waals surface area contributed by atoms with E-state index >= 15 is 0 Å². The van der Waals surface area contributed by atoms with Crippen molar-refractivity contribution in [1.82, 2.24) is 10.2 Å². The average Bonchev–Trinajstić information content (AvgIpc) is 2.11. The summed E-state index contributed by atoms with van der Waals surface area (Å²) in [7, 11) is 3.70. The minimum absolute atomic E-state index is 0.551. The predicted molar refractivity (Wildman–Crippen MR) is 59.9 cm³/mol. The Morgan fingerprint density at radius 1 is 1.60 bits per heavy atom. The minimum Gasteiger partial charge on any atom is -0.480 e. The molecule has 2 N–H and O–H groups in total. The summed E-state index contributed by atoms with van der Waals surface area (Å²) in [6.45, 7) is 3.30. The van der Waals surface area contributed by atoms with Crippen molar-refractivity contribution in [2.45, 2.75) is 31.7 Å². The second kappa shape index (κ2) is 4.94. The van der Waals surface area contributed by atoms with Crippen LogP contribution in [0.5, 0.6) is 0 Å². The summed E-state index contributed by atoms with van der Waals surface area (Å²) in [5.41, 5.74) is -0.835. The zero-order chi connectivity index (χ0) is 11.5. The maximum absolute atomic E-state index is 11.1. The lowest BCUT2D eigenvalue weighted by atomic mass is 9.85. The van der Waals surface area contributed by atoms with Crippen LogP contribution < -0.4 is 5.32 Å². The number of nitrogens with one attached hydrogen (secondary N) is 1. The molecule has 0 aromatic carbocycles. The maximum Gasteiger partial charge on any atom is 0.324 e. The number of carboxylic acids is 1. The molecule has 1 rings (SSSR count). The van der Waals surface area contributed by atoms with Gasteiger partial charge in [-0.25, -0.2) is 0 Å². The van der Waals surface area contributed by atoms with Crippen LogP contribution in [0.3, 0.4) is 0 Å². The van der Waals surface area contributed by atoms with E-state index in [1.807, 2.05) is 7.05 Å². The molecule has 1 atom stereocenters. The van der Waals surface area contributed by atoms with Crippen LogP contribution >= 0.6 is 0 Å². The number of nitrogens with zero attached hydrogens (tertiary/aromatic N) is 1. The third-order valence-electron chi connectivity index (χ3n) is 3.40. The van der Waals surface area contributed by atoms with E-state index < -0.39 is 11.5 Å². The van der Waals surface area contributed by atoms with Gasteiger partial charge in [0, 0.05) is 13.1 Å². The number of rotatable bonds is 6. The summed E-state index contributed by atoms with van der Waals surface area (Å²) in [6.07, 6.45) is 3.93. The van der Waals surface area contributed by atoms with E-state index in [0.717, 1.165) is 12.5 Å². The van der Waals surface area contributed by atoms with E-state index in [-0.39, 0.29) is 0 Å². The van der Waals surface area contributed by atoms with Gasteiger partial charge in [-0.05, 0) is 39.8 Å². The number of hydrogen-bond acceptors (Lipinski definition) is 3. The zero-order valence-electron chi connectivity index (χ0n) is 9.92. The van der Waals surface area contributed by atoms with Crippen LogP contribution in [0.15, 0.2) is 0 Å². The van der Waals surface area contributed by atoms with Crippen LogP contribution in [0.25, 0.3) is 0 Å². The molecule has 0 heterocycles. The van der Waals surface area contributed by atoms with Crippen molar-refractivity contribution < 1.29 is 9.90 Å². The molecular weight excluding hydrogens is 192 g/mol. The molecule has 0 spiro atoms. The normalized spacial score (nSPS) is 21.1. The molecule has 4 nitrogen and oxygen atoms in total. The van der Waals surface area contributed by atoms with Gasteiger partial charge in [-0.15, -0.1) is 0 Å². The largest absolute Gasteiger partial charge is 0.480 e. The highest BCUT2D eigenvalue weighted by Crippen LogP contribution is 2.27. The van der Waals surface area contributed by atoms with Gasteiger partial charge in [-0.2, -0.15) is 0 Å². The molecule has 1 aliphatic carbocycles. The Morgan fingerprint density at radius 3 is 2.53 bits per heavy atom. The Hall–Kier alpha value is -0.610. The monoisotopic (exact) mass is 214 g/mol. The van der Waals surface area contributed by atoms with Crippen LogP contribution in [-0.2, 0) is 4.79 Å². The average molecular weight is 214 g/mol. The summed E-state index contributed by atoms with van der Waals surface area (Å²) in [5, 5.41) is 12.0. The van der Waals surface area contributed by atoms with Gasteiger partial charge < -0.3 is 15.3 Å². The van der Waals surface area contributed by atoms with E-state index in [0.29, 0.717) is 6.54 Å². The fourth-order valence-corrected chi connectivity index (χ4v) is 1.97. The Kier molecular flexibility index (Phi) is 4.11. The maximum atomic E-state index is 11.1. The van der Waals surface area contributed by atoms with Crippen molar-refractivity contribution >= 4 is 5.97 Å². The molecule has 15 heavy (non-hydrogen) atoms. The third kappa shape index (κ3) is 3.18. The Labute approximate surface area is 91.6 Å². The van der Waals surface area contributed by atoms with Crippen LogP contribution in [0.4, 0.5) is 0 Å². The molecule has 1 unspecified atom stereocenters. The zero-order valence-corrected chi connectivity index (χ0v) is 9.92. The summed E-state index contributed by atoms with van der Waals surface area (Å²) in [5.74, 6) is -0.00430. The SMILES string of the molecule is CNC(C)(CN(C)CC1CCC1)C(=O)O. The van der Waals surface area contributed by atoms with Gasteiger partial charge in [-0.3, -0.25) is 4.79 Å². The molecule has 0 saturated heterocycles. The van der Waals surface area contributed by atoms with E-state index in [4.69, 9.17) is 5.11 Å². The molecule has 0 amide bonds. The lowest BCUT2D eigenvalue weighted by Crippen LogP contribution is -2.55. The molecule has 1 fully saturated rings. The number of carboxylic acid groups (broad SMARTS) is 1. The van der Waals surface area contributed by atoms with E-state index in [1.54, 1.807) is 14.0 Å². The van der Waals surface area contributed by atoms with Gasteiger partial charge in [0.15, 0.2) is 0 Å². The summed E-state index contributed by atoms with van der Waals surface area (Å²) < 4.78 is 0. The molecule has 88 valence electrons. The summed E-state index contributed by atoms with van der Waals surface area (Å²) in [4.78, 5) is 13.2. The molecule has 1 aliphatic rings. The first kappa shape index (κ1) is 12.5. The molecule has 0 bridgehead atoms. The fraction of sp³-hybridized carbons (Fsp3) is 0.909. The van der Waals surface area contributed by atoms with Crippen LogP contribution in [-0.4, -0.2) is 48.7 Å². The quantitative estimate of drug-likeness (QED) is 0.686. The number of aliphatic carboxylic acids is 1. The topological polar surface area (TPSA) is 52.6 Å². The first-order chi connectivity index (χ1) is 6.98.